The van der Waals surface area contributed by atoms with Crippen molar-refractivity contribution in [2.75, 3.05) is 65.6 Å². The van der Waals surface area contributed by atoms with E-state index in [1.165, 1.54) is 17.3 Å². The van der Waals surface area contributed by atoms with Crippen LogP contribution in [0.1, 0.15) is 27.0 Å². The average molecular weight is 580 g/mol. The van der Waals surface area contributed by atoms with Crippen LogP contribution in [0, 0.1) is 0 Å². The Morgan fingerprint density at radius 2 is 1.76 bits per heavy atom. The highest BCUT2D eigenvalue weighted by Gasteiger charge is 2.31. The number of rotatable bonds is 8. The summed E-state index contributed by atoms with van der Waals surface area (Å²) >= 11 is 6.47. The van der Waals surface area contributed by atoms with Crippen molar-refractivity contribution in [1.82, 2.24) is 24.7 Å². The van der Waals surface area contributed by atoms with Gasteiger partial charge < -0.3 is 29.9 Å². The van der Waals surface area contributed by atoms with Crippen LogP contribution in [-0.4, -0.2) is 91.5 Å². The number of nitrogens with one attached hydrogen (secondary N) is 2. The average Bonchev–Trinajstić information content (AvgIpc) is 3.12. The predicted octanol–water partition coefficient (Wildman–Crippen LogP) is 3.71. The molecule has 0 atom stereocenters. The van der Waals surface area contributed by atoms with E-state index in [1.54, 1.807) is 51.2 Å². The molecule has 5 rings (SSSR count). The molecule has 0 aliphatic carbocycles. The largest absolute Gasteiger partial charge is 0.496 e. The van der Waals surface area contributed by atoms with Crippen LogP contribution in [0.5, 0.6) is 11.5 Å². The monoisotopic (exact) mass is 579 g/mol. The summed E-state index contributed by atoms with van der Waals surface area (Å²) in [5.74, 6) is 1.98. The summed E-state index contributed by atoms with van der Waals surface area (Å²) in [6, 6.07) is 7.69. The van der Waals surface area contributed by atoms with Crippen molar-refractivity contribution in [2.45, 2.75) is 19.4 Å². The standard InChI is InChI=1S/C29H34ClN7O4/c1-35(2)25(38)16-37-10-8-17-12-22(24(41-5)13-18(17)9-11-37)33-29-31-14-20(30)27(34-29)32-21-6-7-23(40-4)19-15-36(3)28(39)26(19)21/h6-7,12-14H,8-11,15-16H2,1-5H3,(H2,31,32,33,34). The van der Waals surface area contributed by atoms with Crippen molar-refractivity contribution in [1.29, 1.82) is 0 Å². The van der Waals surface area contributed by atoms with E-state index in [0.717, 1.165) is 37.2 Å². The molecule has 216 valence electrons. The molecule has 0 radical (unpaired) electrons. The van der Waals surface area contributed by atoms with Crippen molar-refractivity contribution in [3.63, 3.8) is 0 Å². The third kappa shape index (κ3) is 5.86. The van der Waals surface area contributed by atoms with Crippen LogP contribution in [0.25, 0.3) is 0 Å². The van der Waals surface area contributed by atoms with E-state index in [9.17, 15) is 9.59 Å². The van der Waals surface area contributed by atoms with Gasteiger partial charge in [0.1, 0.15) is 16.5 Å². The van der Waals surface area contributed by atoms with E-state index < -0.39 is 0 Å². The van der Waals surface area contributed by atoms with Gasteiger partial charge in [-0.1, -0.05) is 11.6 Å². The summed E-state index contributed by atoms with van der Waals surface area (Å²) in [6.07, 6.45) is 3.12. The molecule has 0 bridgehead atoms. The summed E-state index contributed by atoms with van der Waals surface area (Å²) in [5, 5.41) is 6.80. The van der Waals surface area contributed by atoms with E-state index in [4.69, 9.17) is 21.1 Å². The number of hydrogen-bond donors (Lipinski definition) is 2. The van der Waals surface area contributed by atoms with Crippen LogP contribution in [-0.2, 0) is 24.2 Å². The van der Waals surface area contributed by atoms with Gasteiger partial charge in [-0.3, -0.25) is 14.5 Å². The lowest BCUT2D eigenvalue weighted by Gasteiger charge is -2.21. The van der Waals surface area contributed by atoms with Crippen LogP contribution in [0.4, 0.5) is 23.1 Å². The Balaban J connectivity index is 1.38. The molecular weight excluding hydrogens is 546 g/mol. The molecule has 2 aliphatic rings. The SMILES string of the molecule is COc1cc2c(cc1Nc1ncc(Cl)c(Nc3ccc(OC)c4c3C(=O)N(C)C4)n1)CCN(CC(=O)N(C)C)CC2. The van der Waals surface area contributed by atoms with E-state index in [2.05, 4.69) is 31.6 Å². The number of fused-ring (bicyclic) bond motifs is 2. The Labute approximate surface area is 244 Å². The van der Waals surface area contributed by atoms with Crippen LogP contribution < -0.4 is 20.1 Å². The van der Waals surface area contributed by atoms with Crippen molar-refractivity contribution >= 4 is 46.6 Å². The molecule has 0 spiro atoms. The Bertz CT molecular complexity index is 1500. The fraction of sp³-hybridized carbons (Fsp3) is 0.379. The van der Waals surface area contributed by atoms with Gasteiger partial charge in [-0.2, -0.15) is 4.98 Å². The number of amides is 2. The number of halogens is 1. The molecule has 3 aromatic rings. The first-order valence-electron chi connectivity index (χ1n) is 13.3. The summed E-state index contributed by atoms with van der Waals surface area (Å²) < 4.78 is 11.2. The number of benzene rings is 2. The highest BCUT2D eigenvalue weighted by atomic mass is 35.5. The molecular formula is C29H34ClN7O4. The molecule has 12 heteroatoms. The number of methoxy groups -OCH3 is 2. The van der Waals surface area contributed by atoms with Crippen LogP contribution >= 0.6 is 11.6 Å². The summed E-state index contributed by atoms with van der Waals surface area (Å²) in [5.41, 5.74) is 5.02. The second kappa shape index (κ2) is 11.8. The Kier molecular flexibility index (Phi) is 8.18. The summed E-state index contributed by atoms with van der Waals surface area (Å²) in [4.78, 5) is 39.6. The molecule has 0 unspecified atom stereocenters. The second-order valence-electron chi connectivity index (χ2n) is 10.4. The quantitative estimate of drug-likeness (QED) is 0.412. The number of ether oxygens (including phenoxy) is 2. The Morgan fingerprint density at radius 3 is 2.44 bits per heavy atom. The lowest BCUT2D eigenvalue weighted by atomic mass is 10.0. The molecule has 0 saturated heterocycles. The van der Waals surface area contributed by atoms with Gasteiger partial charge in [0, 0.05) is 39.8 Å². The normalized spacial score (nSPS) is 14.7. The first-order valence-corrected chi connectivity index (χ1v) is 13.7. The van der Waals surface area contributed by atoms with Gasteiger partial charge in [0.15, 0.2) is 5.82 Å². The number of aromatic nitrogens is 2. The third-order valence-corrected chi connectivity index (χ3v) is 7.74. The number of nitrogens with zero attached hydrogens (tertiary/aromatic N) is 5. The number of hydrogen-bond acceptors (Lipinski definition) is 9. The molecule has 0 saturated carbocycles. The molecule has 11 nitrogen and oxygen atoms in total. The van der Waals surface area contributed by atoms with Gasteiger partial charge in [0.05, 0.1) is 50.4 Å². The molecule has 2 aliphatic heterocycles. The number of anilines is 4. The molecule has 1 aromatic heterocycles. The van der Waals surface area contributed by atoms with Crippen molar-refractivity contribution < 1.29 is 19.1 Å². The highest BCUT2D eigenvalue weighted by Crippen LogP contribution is 2.38. The molecule has 3 heterocycles. The fourth-order valence-electron chi connectivity index (χ4n) is 5.15. The zero-order chi connectivity index (χ0) is 29.3. The van der Waals surface area contributed by atoms with Crippen molar-refractivity contribution in [3.8, 4) is 11.5 Å². The minimum Gasteiger partial charge on any atom is -0.496 e. The van der Waals surface area contributed by atoms with E-state index in [-0.39, 0.29) is 11.8 Å². The van der Waals surface area contributed by atoms with Gasteiger partial charge in [-0.25, -0.2) is 4.98 Å². The van der Waals surface area contributed by atoms with Crippen LogP contribution in [0.15, 0.2) is 30.5 Å². The maximum absolute atomic E-state index is 12.9. The van der Waals surface area contributed by atoms with Crippen LogP contribution in [0.3, 0.4) is 0 Å². The van der Waals surface area contributed by atoms with Crippen molar-refractivity contribution in [3.05, 3.63) is 57.7 Å². The second-order valence-corrected chi connectivity index (χ2v) is 10.8. The minimum atomic E-state index is -0.107. The van der Waals surface area contributed by atoms with Gasteiger partial charge in [0.2, 0.25) is 11.9 Å². The van der Waals surface area contributed by atoms with Gasteiger partial charge >= 0.3 is 0 Å². The van der Waals surface area contributed by atoms with E-state index >= 15 is 0 Å². The predicted molar refractivity (Wildman–Crippen MR) is 158 cm³/mol. The highest BCUT2D eigenvalue weighted by molar-refractivity contribution is 6.33. The lowest BCUT2D eigenvalue weighted by molar-refractivity contribution is -0.129. The molecule has 41 heavy (non-hydrogen) atoms. The van der Waals surface area contributed by atoms with Gasteiger partial charge in [0.25, 0.3) is 5.91 Å². The molecule has 2 amide bonds. The zero-order valence-corrected chi connectivity index (χ0v) is 24.6. The minimum absolute atomic E-state index is 0.0937. The first-order chi connectivity index (χ1) is 19.7. The van der Waals surface area contributed by atoms with Gasteiger partial charge in [-0.15, -0.1) is 0 Å². The Morgan fingerprint density at radius 1 is 1.05 bits per heavy atom. The van der Waals surface area contributed by atoms with E-state index in [1.807, 2.05) is 12.1 Å². The number of likely N-dealkylation sites (N-methyl/N-ethyl adjacent to an activating group) is 1. The maximum Gasteiger partial charge on any atom is 0.256 e. The molecule has 2 aromatic carbocycles. The zero-order valence-electron chi connectivity index (χ0n) is 23.9. The third-order valence-electron chi connectivity index (χ3n) is 7.46. The van der Waals surface area contributed by atoms with E-state index in [0.29, 0.717) is 52.6 Å². The summed E-state index contributed by atoms with van der Waals surface area (Å²) in [6.45, 7) is 2.44. The van der Waals surface area contributed by atoms with Gasteiger partial charge in [-0.05, 0) is 48.2 Å². The molecule has 2 N–H and O–H groups in total. The topological polar surface area (TPSA) is 112 Å². The van der Waals surface area contributed by atoms with Crippen LogP contribution in [0.2, 0.25) is 5.02 Å². The Hall–Kier alpha value is -4.09. The number of carbonyl (C=O) groups excluding carboxylic acids is 2. The fourth-order valence-corrected chi connectivity index (χ4v) is 5.29. The molecule has 0 fully saturated rings. The smallest absolute Gasteiger partial charge is 0.256 e. The lowest BCUT2D eigenvalue weighted by Crippen LogP contribution is -2.37. The van der Waals surface area contributed by atoms with Crippen molar-refractivity contribution in [2.24, 2.45) is 0 Å². The summed E-state index contributed by atoms with van der Waals surface area (Å²) in [7, 11) is 8.52. The maximum atomic E-state index is 12.9. The number of carbonyl (C=O) groups is 2. The first kappa shape index (κ1) is 28.4.